The lowest BCUT2D eigenvalue weighted by molar-refractivity contribution is -0.144. The minimum Gasteiger partial charge on any atom is -0.347 e. The second kappa shape index (κ2) is 6.66. The van der Waals surface area contributed by atoms with Gasteiger partial charge in [-0.2, -0.15) is 0 Å². The van der Waals surface area contributed by atoms with Crippen LogP contribution in [0.1, 0.15) is 41.4 Å². The van der Waals surface area contributed by atoms with E-state index in [1.54, 1.807) is 10.9 Å². The highest BCUT2D eigenvalue weighted by Crippen LogP contribution is 2.31. The number of hydrogen-bond acceptors (Lipinski definition) is 4. The maximum absolute atomic E-state index is 12.2. The van der Waals surface area contributed by atoms with Crippen LogP contribution in [-0.2, 0) is 11.3 Å². The van der Waals surface area contributed by atoms with E-state index in [0.29, 0.717) is 25.3 Å². The van der Waals surface area contributed by atoms with Gasteiger partial charge in [0.2, 0.25) is 5.91 Å². The maximum Gasteiger partial charge on any atom is 0.273 e. The number of hydrogen-bond donors (Lipinski definition) is 1. The van der Waals surface area contributed by atoms with Gasteiger partial charge in [0.25, 0.3) is 5.91 Å². The minimum absolute atomic E-state index is 0.118. The van der Waals surface area contributed by atoms with E-state index in [1.807, 2.05) is 35.2 Å². The van der Waals surface area contributed by atoms with Gasteiger partial charge in [0.05, 0.1) is 12.2 Å². The van der Waals surface area contributed by atoms with E-state index in [0.717, 1.165) is 24.8 Å². The number of nitrogens with zero attached hydrogens (tertiary/aromatic N) is 4. The molecule has 7 heteroatoms. The zero-order valence-electron chi connectivity index (χ0n) is 14.0. The van der Waals surface area contributed by atoms with Crippen molar-refractivity contribution in [1.82, 2.24) is 25.2 Å². The summed E-state index contributed by atoms with van der Waals surface area (Å²) in [7, 11) is 0. The molecule has 1 saturated carbocycles. The van der Waals surface area contributed by atoms with Crippen LogP contribution in [0.2, 0.25) is 0 Å². The molecule has 25 heavy (non-hydrogen) atoms. The molecule has 2 aliphatic rings. The van der Waals surface area contributed by atoms with Crippen molar-refractivity contribution in [3.8, 4) is 0 Å². The normalized spacial score (nSPS) is 17.7. The van der Waals surface area contributed by atoms with Crippen LogP contribution in [0.25, 0.3) is 0 Å². The Hall–Kier alpha value is -2.70. The number of nitrogens with one attached hydrogen (secondary N) is 1. The molecule has 0 radical (unpaired) electrons. The lowest BCUT2D eigenvalue weighted by Gasteiger charge is -2.42. The highest BCUT2D eigenvalue weighted by molar-refractivity contribution is 5.91. The first-order valence-corrected chi connectivity index (χ1v) is 8.73. The van der Waals surface area contributed by atoms with E-state index in [-0.39, 0.29) is 23.8 Å². The van der Waals surface area contributed by atoms with Gasteiger partial charge in [0.1, 0.15) is 0 Å². The number of carbonyl (C=O) groups excluding carboxylic acids is 2. The zero-order chi connectivity index (χ0) is 17.2. The summed E-state index contributed by atoms with van der Waals surface area (Å²) < 4.78 is 1.70. The number of carbonyl (C=O) groups is 2. The monoisotopic (exact) mass is 339 g/mol. The number of benzene rings is 1. The minimum atomic E-state index is -0.239. The van der Waals surface area contributed by atoms with Crippen LogP contribution in [0.4, 0.5) is 0 Å². The molecule has 130 valence electrons. The molecule has 1 aromatic carbocycles. The van der Waals surface area contributed by atoms with E-state index in [2.05, 4.69) is 15.6 Å². The Balaban J connectivity index is 1.29. The van der Waals surface area contributed by atoms with Gasteiger partial charge in [-0.15, -0.1) is 5.10 Å². The molecule has 0 spiro atoms. The molecule has 1 aliphatic carbocycles. The van der Waals surface area contributed by atoms with Crippen LogP contribution < -0.4 is 5.32 Å². The molecule has 1 N–H and O–H groups in total. The Morgan fingerprint density at radius 3 is 2.60 bits per heavy atom. The van der Waals surface area contributed by atoms with Crippen molar-refractivity contribution < 1.29 is 9.59 Å². The summed E-state index contributed by atoms with van der Waals surface area (Å²) in [6.45, 7) is 1.77. The van der Waals surface area contributed by atoms with Gasteiger partial charge in [0, 0.05) is 25.6 Å². The molecule has 2 amide bonds. The van der Waals surface area contributed by atoms with Crippen LogP contribution in [-0.4, -0.2) is 44.8 Å². The standard InChI is InChI=1S/C18H21N5O2/c24-17(19-9-13-5-2-1-3-6-13)16-12-23(21-20-16)15-10-22(11-15)18(25)14-7-4-8-14/h1-3,5-6,12,14-15H,4,7-11H2,(H,19,24). The second-order valence-electron chi connectivity index (χ2n) is 6.78. The first-order chi connectivity index (χ1) is 12.2. The molecule has 1 saturated heterocycles. The molecular weight excluding hydrogens is 318 g/mol. The van der Waals surface area contributed by atoms with Crippen molar-refractivity contribution in [3.05, 3.63) is 47.8 Å². The van der Waals surface area contributed by atoms with E-state index < -0.39 is 0 Å². The van der Waals surface area contributed by atoms with Crippen LogP contribution in [0.5, 0.6) is 0 Å². The molecule has 0 bridgehead atoms. The predicted octanol–water partition coefficient (Wildman–Crippen LogP) is 1.39. The molecule has 0 atom stereocenters. The Bertz CT molecular complexity index is 763. The number of amides is 2. The Kier molecular flexibility index (Phi) is 4.21. The van der Waals surface area contributed by atoms with Gasteiger partial charge < -0.3 is 10.2 Å². The van der Waals surface area contributed by atoms with E-state index in [4.69, 9.17) is 0 Å². The molecule has 2 aromatic rings. The molecular formula is C18H21N5O2. The average molecular weight is 339 g/mol. The summed E-state index contributed by atoms with van der Waals surface area (Å²) in [4.78, 5) is 26.2. The molecule has 7 nitrogen and oxygen atoms in total. The number of rotatable bonds is 5. The SMILES string of the molecule is O=C(NCc1ccccc1)c1cn(C2CN(C(=O)C3CCC3)C2)nn1. The molecule has 1 aromatic heterocycles. The molecule has 1 aliphatic heterocycles. The number of aromatic nitrogens is 3. The first kappa shape index (κ1) is 15.8. The quantitative estimate of drug-likeness (QED) is 0.893. The van der Waals surface area contributed by atoms with Gasteiger partial charge in [-0.1, -0.05) is 42.0 Å². The third-order valence-electron chi connectivity index (χ3n) is 5.04. The van der Waals surface area contributed by atoms with E-state index >= 15 is 0 Å². The van der Waals surface area contributed by atoms with Crippen molar-refractivity contribution in [3.63, 3.8) is 0 Å². The van der Waals surface area contributed by atoms with Crippen LogP contribution >= 0.6 is 0 Å². The largest absolute Gasteiger partial charge is 0.347 e. The van der Waals surface area contributed by atoms with Crippen molar-refractivity contribution in [2.24, 2.45) is 5.92 Å². The summed E-state index contributed by atoms with van der Waals surface area (Å²) in [5, 5.41) is 10.9. The Morgan fingerprint density at radius 2 is 1.92 bits per heavy atom. The second-order valence-corrected chi connectivity index (χ2v) is 6.78. The van der Waals surface area contributed by atoms with Crippen LogP contribution in [0.15, 0.2) is 36.5 Å². The zero-order valence-corrected chi connectivity index (χ0v) is 14.0. The van der Waals surface area contributed by atoms with Crippen molar-refractivity contribution in [1.29, 1.82) is 0 Å². The fourth-order valence-electron chi connectivity index (χ4n) is 3.14. The Labute approximate surface area is 146 Å². The molecule has 0 unspecified atom stereocenters. The van der Waals surface area contributed by atoms with Gasteiger partial charge in [-0.25, -0.2) is 4.68 Å². The van der Waals surface area contributed by atoms with Gasteiger partial charge in [-0.05, 0) is 18.4 Å². The fraction of sp³-hybridized carbons (Fsp3) is 0.444. The van der Waals surface area contributed by atoms with Gasteiger partial charge in [0.15, 0.2) is 5.69 Å². The van der Waals surface area contributed by atoms with E-state index in [1.165, 1.54) is 0 Å². The highest BCUT2D eigenvalue weighted by Gasteiger charge is 2.38. The third-order valence-corrected chi connectivity index (χ3v) is 5.04. The summed E-state index contributed by atoms with van der Waals surface area (Å²) in [6.07, 6.45) is 4.87. The summed E-state index contributed by atoms with van der Waals surface area (Å²) in [5.41, 5.74) is 1.34. The first-order valence-electron chi connectivity index (χ1n) is 8.73. The van der Waals surface area contributed by atoms with Gasteiger partial charge in [-0.3, -0.25) is 9.59 Å². The van der Waals surface area contributed by atoms with Crippen molar-refractivity contribution in [2.45, 2.75) is 31.8 Å². The maximum atomic E-state index is 12.2. The molecule has 2 heterocycles. The fourth-order valence-corrected chi connectivity index (χ4v) is 3.14. The van der Waals surface area contributed by atoms with Gasteiger partial charge >= 0.3 is 0 Å². The van der Waals surface area contributed by atoms with Crippen molar-refractivity contribution in [2.75, 3.05) is 13.1 Å². The topological polar surface area (TPSA) is 80.1 Å². The number of likely N-dealkylation sites (tertiary alicyclic amines) is 1. The third kappa shape index (κ3) is 3.26. The summed E-state index contributed by atoms with van der Waals surface area (Å²) >= 11 is 0. The predicted molar refractivity (Wildman–Crippen MR) is 90.6 cm³/mol. The molecule has 4 rings (SSSR count). The summed E-state index contributed by atoms with van der Waals surface area (Å²) in [5.74, 6) is 0.260. The average Bonchev–Trinajstić information content (AvgIpc) is 3.00. The van der Waals surface area contributed by atoms with Crippen LogP contribution in [0.3, 0.4) is 0 Å². The smallest absolute Gasteiger partial charge is 0.273 e. The lowest BCUT2D eigenvalue weighted by atomic mass is 9.83. The highest BCUT2D eigenvalue weighted by atomic mass is 16.2. The summed E-state index contributed by atoms with van der Waals surface area (Å²) in [6, 6.07) is 9.84. The van der Waals surface area contributed by atoms with Crippen LogP contribution in [0, 0.1) is 5.92 Å². The Morgan fingerprint density at radius 1 is 1.16 bits per heavy atom. The molecule has 2 fully saturated rings. The van der Waals surface area contributed by atoms with E-state index in [9.17, 15) is 9.59 Å². The van der Waals surface area contributed by atoms with Crippen molar-refractivity contribution >= 4 is 11.8 Å². The lowest BCUT2D eigenvalue weighted by Crippen LogP contribution is -2.53.